The van der Waals surface area contributed by atoms with Crippen LogP contribution in [0.15, 0.2) is 35.7 Å². The van der Waals surface area contributed by atoms with Crippen molar-refractivity contribution in [2.45, 2.75) is 13.3 Å². The maximum Gasteiger partial charge on any atom is 0.258 e. The van der Waals surface area contributed by atoms with Gasteiger partial charge in [-0.3, -0.25) is 9.59 Å². The number of benzene rings is 1. The van der Waals surface area contributed by atoms with E-state index >= 15 is 0 Å². The molecule has 0 aliphatic rings. The first-order valence-corrected chi connectivity index (χ1v) is 7.53. The van der Waals surface area contributed by atoms with Gasteiger partial charge < -0.3 is 16.4 Å². The van der Waals surface area contributed by atoms with Gasteiger partial charge in [0.25, 0.3) is 11.8 Å². The van der Waals surface area contributed by atoms with Crippen LogP contribution in [0.4, 0.5) is 10.7 Å². The number of amides is 2. The first-order valence-electron chi connectivity index (χ1n) is 6.65. The van der Waals surface area contributed by atoms with Gasteiger partial charge in [0.15, 0.2) is 0 Å². The lowest BCUT2D eigenvalue weighted by Crippen LogP contribution is -2.18. The van der Waals surface area contributed by atoms with Crippen LogP contribution in [0.3, 0.4) is 0 Å². The zero-order chi connectivity index (χ0) is 15.2. The number of nitrogens with two attached hydrogens (primary N) is 1. The minimum absolute atomic E-state index is 0.265. The molecule has 0 aliphatic carbocycles. The molecular formula is C15H17N3O2S. The van der Waals surface area contributed by atoms with Gasteiger partial charge in [-0.15, -0.1) is 11.3 Å². The highest BCUT2D eigenvalue weighted by molar-refractivity contribution is 7.14. The van der Waals surface area contributed by atoms with Crippen LogP contribution in [0.5, 0.6) is 0 Å². The summed E-state index contributed by atoms with van der Waals surface area (Å²) in [4.78, 5) is 23.6. The lowest BCUT2D eigenvalue weighted by molar-refractivity contribution is 0.100. The van der Waals surface area contributed by atoms with Gasteiger partial charge in [0.05, 0.1) is 11.1 Å². The van der Waals surface area contributed by atoms with Crippen molar-refractivity contribution >= 4 is 33.8 Å². The Morgan fingerprint density at radius 2 is 1.95 bits per heavy atom. The van der Waals surface area contributed by atoms with Gasteiger partial charge in [0, 0.05) is 12.2 Å². The molecular weight excluding hydrogens is 286 g/mol. The minimum Gasteiger partial charge on any atom is -0.384 e. The number of rotatable bonds is 6. The number of hydrogen-bond donors (Lipinski definition) is 3. The quantitative estimate of drug-likeness (QED) is 0.767. The zero-order valence-corrected chi connectivity index (χ0v) is 12.5. The third-order valence-electron chi connectivity index (χ3n) is 2.89. The third-order valence-corrected chi connectivity index (χ3v) is 3.72. The predicted octanol–water partition coefficient (Wildman–Crippen LogP) is 2.92. The van der Waals surface area contributed by atoms with E-state index in [-0.39, 0.29) is 5.91 Å². The fourth-order valence-electron chi connectivity index (χ4n) is 1.87. The van der Waals surface area contributed by atoms with E-state index in [0.717, 1.165) is 18.7 Å². The first-order chi connectivity index (χ1) is 10.1. The molecule has 0 spiro atoms. The number of anilines is 2. The van der Waals surface area contributed by atoms with E-state index in [1.54, 1.807) is 23.6 Å². The molecule has 1 aromatic carbocycles. The summed E-state index contributed by atoms with van der Waals surface area (Å²) in [5.74, 6) is -0.817. The summed E-state index contributed by atoms with van der Waals surface area (Å²) >= 11 is 1.27. The van der Waals surface area contributed by atoms with Crippen molar-refractivity contribution in [1.82, 2.24) is 0 Å². The average Bonchev–Trinajstić information content (AvgIpc) is 2.93. The molecule has 0 saturated carbocycles. The van der Waals surface area contributed by atoms with Crippen molar-refractivity contribution in [3.05, 3.63) is 46.8 Å². The fourth-order valence-corrected chi connectivity index (χ4v) is 2.65. The van der Waals surface area contributed by atoms with Gasteiger partial charge in [-0.25, -0.2) is 0 Å². The lowest BCUT2D eigenvalue weighted by atomic mass is 10.1. The second-order valence-electron chi connectivity index (χ2n) is 4.45. The van der Waals surface area contributed by atoms with Crippen molar-refractivity contribution < 1.29 is 9.59 Å². The number of primary amides is 1. The highest BCUT2D eigenvalue weighted by Gasteiger charge is 2.15. The van der Waals surface area contributed by atoms with Crippen LogP contribution in [-0.4, -0.2) is 18.4 Å². The second-order valence-corrected chi connectivity index (χ2v) is 5.37. The molecule has 2 amide bonds. The van der Waals surface area contributed by atoms with Crippen LogP contribution in [0, 0.1) is 0 Å². The molecule has 1 aromatic heterocycles. The lowest BCUT2D eigenvalue weighted by Gasteiger charge is -2.11. The first kappa shape index (κ1) is 15.1. The summed E-state index contributed by atoms with van der Waals surface area (Å²) in [6.07, 6.45) is 0.965. The van der Waals surface area contributed by atoms with Crippen molar-refractivity contribution in [2.24, 2.45) is 5.73 Å². The van der Waals surface area contributed by atoms with Gasteiger partial charge in [-0.1, -0.05) is 19.1 Å². The summed E-state index contributed by atoms with van der Waals surface area (Å²) in [5.41, 5.74) is 6.91. The molecule has 4 N–H and O–H groups in total. The summed E-state index contributed by atoms with van der Waals surface area (Å²) in [6.45, 7) is 2.84. The van der Waals surface area contributed by atoms with Gasteiger partial charge in [-0.2, -0.15) is 0 Å². The van der Waals surface area contributed by atoms with Gasteiger partial charge in [0.1, 0.15) is 5.00 Å². The average molecular weight is 303 g/mol. The summed E-state index contributed by atoms with van der Waals surface area (Å²) in [7, 11) is 0. The number of carbonyl (C=O) groups is 2. The SMILES string of the molecule is CCCNc1ccccc1C(=O)Nc1sccc1C(N)=O. The number of thiophene rings is 1. The van der Waals surface area contributed by atoms with Crippen LogP contribution in [0.1, 0.15) is 34.1 Å². The Morgan fingerprint density at radius 3 is 2.67 bits per heavy atom. The monoisotopic (exact) mass is 303 g/mol. The standard InChI is InChI=1S/C15H17N3O2S/c1-2-8-17-12-6-4-3-5-10(12)14(20)18-15-11(13(16)19)7-9-21-15/h3-7,9,17H,2,8H2,1H3,(H2,16,19)(H,18,20). The van der Waals surface area contributed by atoms with E-state index in [0.29, 0.717) is 16.1 Å². The minimum atomic E-state index is -0.552. The highest BCUT2D eigenvalue weighted by atomic mass is 32.1. The molecule has 110 valence electrons. The summed E-state index contributed by atoms with van der Waals surface area (Å²) in [5, 5.41) is 8.14. The van der Waals surface area contributed by atoms with E-state index in [2.05, 4.69) is 17.6 Å². The molecule has 0 bridgehead atoms. The van der Waals surface area contributed by atoms with Crippen molar-refractivity contribution in [1.29, 1.82) is 0 Å². The van der Waals surface area contributed by atoms with Gasteiger partial charge in [-0.05, 0) is 30.0 Å². The smallest absolute Gasteiger partial charge is 0.258 e. The Bertz CT molecular complexity index is 652. The molecule has 5 nitrogen and oxygen atoms in total. The summed E-state index contributed by atoms with van der Waals surface area (Å²) < 4.78 is 0. The Balaban J connectivity index is 2.20. The molecule has 0 radical (unpaired) electrons. The van der Waals surface area contributed by atoms with E-state index in [9.17, 15) is 9.59 Å². The number of para-hydroxylation sites is 1. The van der Waals surface area contributed by atoms with Crippen LogP contribution in [0.25, 0.3) is 0 Å². The van der Waals surface area contributed by atoms with E-state index < -0.39 is 5.91 Å². The van der Waals surface area contributed by atoms with E-state index in [4.69, 9.17) is 5.73 Å². The van der Waals surface area contributed by atoms with Crippen LogP contribution in [-0.2, 0) is 0 Å². The van der Waals surface area contributed by atoms with Gasteiger partial charge in [0.2, 0.25) is 0 Å². The van der Waals surface area contributed by atoms with Crippen LogP contribution >= 0.6 is 11.3 Å². The zero-order valence-electron chi connectivity index (χ0n) is 11.7. The summed E-state index contributed by atoms with van der Waals surface area (Å²) in [6, 6.07) is 8.87. The second kappa shape index (κ2) is 6.90. The fraction of sp³-hybridized carbons (Fsp3) is 0.200. The highest BCUT2D eigenvalue weighted by Crippen LogP contribution is 2.24. The molecule has 0 atom stereocenters. The third kappa shape index (κ3) is 3.61. The topological polar surface area (TPSA) is 84.2 Å². The Labute approximate surface area is 127 Å². The van der Waals surface area contributed by atoms with Gasteiger partial charge >= 0.3 is 0 Å². The van der Waals surface area contributed by atoms with Crippen molar-refractivity contribution in [3.8, 4) is 0 Å². The van der Waals surface area contributed by atoms with E-state index in [1.165, 1.54) is 11.3 Å². The van der Waals surface area contributed by atoms with Crippen LogP contribution < -0.4 is 16.4 Å². The maximum absolute atomic E-state index is 12.4. The number of hydrogen-bond acceptors (Lipinski definition) is 4. The predicted molar refractivity (Wildman–Crippen MR) is 86.0 cm³/mol. The molecule has 21 heavy (non-hydrogen) atoms. The molecule has 1 heterocycles. The molecule has 0 fully saturated rings. The van der Waals surface area contributed by atoms with Crippen LogP contribution in [0.2, 0.25) is 0 Å². The van der Waals surface area contributed by atoms with Crippen molar-refractivity contribution in [3.63, 3.8) is 0 Å². The molecule has 2 aromatic rings. The molecule has 0 aliphatic heterocycles. The maximum atomic E-state index is 12.4. The molecule has 0 saturated heterocycles. The molecule has 6 heteroatoms. The Hall–Kier alpha value is -2.34. The Kier molecular flexibility index (Phi) is 4.94. The van der Waals surface area contributed by atoms with E-state index in [1.807, 2.05) is 12.1 Å². The largest absolute Gasteiger partial charge is 0.384 e. The molecule has 0 unspecified atom stereocenters. The Morgan fingerprint density at radius 1 is 1.19 bits per heavy atom. The number of nitrogens with one attached hydrogen (secondary N) is 2. The number of carbonyl (C=O) groups excluding carboxylic acids is 2. The normalized spacial score (nSPS) is 10.1. The molecule has 2 rings (SSSR count). The van der Waals surface area contributed by atoms with Crippen molar-refractivity contribution in [2.75, 3.05) is 17.2 Å².